The van der Waals surface area contributed by atoms with Gasteiger partial charge in [0.2, 0.25) is 0 Å². The third-order valence-corrected chi connectivity index (χ3v) is 13.7. The van der Waals surface area contributed by atoms with Crippen LogP contribution >= 0.6 is 0 Å². The molecule has 1 aliphatic rings. The molecule has 4 nitrogen and oxygen atoms in total. The lowest BCUT2D eigenvalue weighted by molar-refractivity contribution is 0.330. The summed E-state index contributed by atoms with van der Waals surface area (Å²) in [6.07, 6.45) is 48.7. The van der Waals surface area contributed by atoms with E-state index < -0.39 is 0 Å². The zero-order chi connectivity index (χ0) is 43.8. The summed E-state index contributed by atoms with van der Waals surface area (Å²) in [4.78, 5) is 0. The second-order valence-electron chi connectivity index (χ2n) is 19.2. The van der Waals surface area contributed by atoms with Crippen molar-refractivity contribution in [2.75, 3.05) is 0 Å². The van der Waals surface area contributed by atoms with Crippen molar-refractivity contribution in [2.45, 2.75) is 291 Å². The van der Waals surface area contributed by atoms with Gasteiger partial charge < -0.3 is 19.7 Å². The Hall–Kier alpha value is -2.36. The molecular formula is C57H98O4. The van der Waals surface area contributed by atoms with Crippen LogP contribution < -0.4 is 9.47 Å². The first kappa shape index (κ1) is 53.0. The predicted molar refractivity (Wildman–Crippen MR) is 265 cm³/mol. The molecule has 1 heterocycles. The molecule has 350 valence electrons. The Morgan fingerprint density at radius 1 is 0.295 bits per heavy atom. The van der Waals surface area contributed by atoms with Gasteiger partial charge in [0.15, 0.2) is 34.5 Å². The maximum atomic E-state index is 11.8. The summed E-state index contributed by atoms with van der Waals surface area (Å²) < 4.78 is 14.4. The van der Waals surface area contributed by atoms with E-state index in [1.807, 2.05) is 0 Å². The fourth-order valence-electron chi connectivity index (χ4n) is 9.75. The van der Waals surface area contributed by atoms with Crippen LogP contribution in [0.3, 0.4) is 0 Å². The lowest BCUT2D eigenvalue weighted by Crippen LogP contribution is -2.12. The molecule has 1 aliphatic heterocycles. The number of hydrogen-bond donors (Lipinski definition) is 2. The Bertz CT molecular complexity index is 1410. The molecule has 3 rings (SSSR count). The minimum atomic E-state index is 0.0110. The Labute approximate surface area is 378 Å². The number of phenolic OH excluding ortho intramolecular Hbond substituents is 2. The van der Waals surface area contributed by atoms with Crippen LogP contribution in [0.5, 0.6) is 34.5 Å². The first-order valence-electron chi connectivity index (χ1n) is 27.1. The smallest absolute Gasteiger partial charge is 0.177 e. The molecule has 0 aliphatic carbocycles. The molecule has 0 saturated carbocycles. The Morgan fingerprint density at radius 2 is 0.574 bits per heavy atom. The fraction of sp³-hybridized carbons (Fsp3) is 0.789. The lowest BCUT2D eigenvalue weighted by atomic mass is 9.88. The number of aryl methyl sites for hydroxylation is 1. The van der Waals surface area contributed by atoms with E-state index in [0.717, 1.165) is 74.0 Å². The summed E-state index contributed by atoms with van der Waals surface area (Å²) in [5.74, 6) is 3.09. The fourth-order valence-corrected chi connectivity index (χ4v) is 9.75. The molecule has 2 N–H and O–H groups in total. The second kappa shape index (κ2) is 34.1. The van der Waals surface area contributed by atoms with E-state index in [-0.39, 0.29) is 11.5 Å². The van der Waals surface area contributed by atoms with Gasteiger partial charge in [0.25, 0.3) is 0 Å². The van der Waals surface area contributed by atoms with Crippen LogP contribution in [0.4, 0.5) is 0 Å². The monoisotopic (exact) mass is 847 g/mol. The number of rotatable bonds is 40. The number of aromatic hydroxyl groups is 2. The van der Waals surface area contributed by atoms with Crippen molar-refractivity contribution in [1.29, 1.82) is 0 Å². The Balaban J connectivity index is 2.02. The van der Waals surface area contributed by atoms with E-state index in [9.17, 15) is 10.2 Å². The Kier molecular flexibility index (Phi) is 29.6. The number of phenols is 2. The number of benzene rings is 2. The van der Waals surface area contributed by atoms with Gasteiger partial charge in [-0.05, 0) is 81.4 Å². The first-order chi connectivity index (χ1) is 30.0. The molecular weight excluding hydrogens is 749 g/mol. The number of ether oxygens (including phenoxy) is 2. The second-order valence-corrected chi connectivity index (χ2v) is 19.2. The average molecular weight is 847 g/mol. The molecule has 0 unspecified atom stereocenters. The normalized spacial score (nSPS) is 12.1. The zero-order valence-corrected chi connectivity index (χ0v) is 41.1. The van der Waals surface area contributed by atoms with E-state index >= 15 is 0 Å². The predicted octanol–water partition coefficient (Wildman–Crippen LogP) is 19.5. The van der Waals surface area contributed by atoms with Crippen molar-refractivity contribution in [2.24, 2.45) is 0 Å². The number of fused-ring (bicyclic) bond motifs is 2. The van der Waals surface area contributed by atoms with E-state index in [1.165, 1.54) is 209 Å². The van der Waals surface area contributed by atoms with E-state index in [1.54, 1.807) is 0 Å². The van der Waals surface area contributed by atoms with Crippen molar-refractivity contribution in [3.05, 3.63) is 33.9 Å². The van der Waals surface area contributed by atoms with Gasteiger partial charge in [0, 0.05) is 16.7 Å². The van der Waals surface area contributed by atoms with Gasteiger partial charge in [-0.15, -0.1) is 0 Å². The molecule has 0 saturated heterocycles. The van der Waals surface area contributed by atoms with Crippen molar-refractivity contribution in [3.63, 3.8) is 0 Å². The maximum absolute atomic E-state index is 11.8. The molecule has 2 aromatic rings. The lowest BCUT2D eigenvalue weighted by Gasteiger charge is -2.30. The highest BCUT2D eigenvalue weighted by atomic mass is 16.6. The number of hydrogen-bond acceptors (Lipinski definition) is 4. The van der Waals surface area contributed by atoms with Crippen molar-refractivity contribution < 1.29 is 19.7 Å². The standard InChI is InChI=1S/C57H98O4/c1-6-11-16-21-26-31-36-41-47-46-52-55(49(43-38-33-28-23-18-13-8-3)48(47)42-37-32-27-22-17-12-7-2)61-57-51(45-40-35-30-25-20-15-10-5)54(59)53(58)50(56(57)60-52)44-39-34-29-24-19-14-9-4/h46,58-59H,6-45H2,1-5H3. The molecule has 2 aromatic carbocycles. The van der Waals surface area contributed by atoms with Gasteiger partial charge in [0.05, 0.1) is 0 Å². The van der Waals surface area contributed by atoms with Gasteiger partial charge in [-0.1, -0.05) is 227 Å². The topological polar surface area (TPSA) is 58.9 Å². The van der Waals surface area contributed by atoms with Crippen molar-refractivity contribution in [1.82, 2.24) is 0 Å². The van der Waals surface area contributed by atoms with Gasteiger partial charge in [0.1, 0.15) is 0 Å². The third kappa shape index (κ3) is 19.9. The van der Waals surface area contributed by atoms with Gasteiger partial charge in [-0.2, -0.15) is 0 Å². The first-order valence-corrected chi connectivity index (χ1v) is 27.1. The van der Waals surface area contributed by atoms with E-state index in [0.29, 0.717) is 24.3 Å². The largest absolute Gasteiger partial charge is 0.504 e. The molecule has 4 heteroatoms. The summed E-state index contributed by atoms with van der Waals surface area (Å²) >= 11 is 0. The highest BCUT2D eigenvalue weighted by Gasteiger charge is 2.33. The molecule has 0 atom stereocenters. The minimum absolute atomic E-state index is 0.0110. The molecule has 0 fully saturated rings. The molecule has 0 amide bonds. The van der Waals surface area contributed by atoms with Crippen LogP contribution in [0.15, 0.2) is 6.07 Å². The van der Waals surface area contributed by atoms with E-state index in [2.05, 4.69) is 40.7 Å². The maximum Gasteiger partial charge on any atom is 0.177 e. The molecule has 0 bridgehead atoms. The quantitative estimate of drug-likeness (QED) is 0.0442. The summed E-state index contributed by atoms with van der Waals surface area (Å²) in [5, 5.41) is 23.6. The van der Waals surface area contributed by atoms with E-state index in [4.69, 9.17) is 9.47 Å². The van der Waals surface area contributed by atoms with Crippen molar-refractivity contribution >= 4 is 0 Å². The SMILES string of the molecule is CCCCCCCCCc1cc2c(c(CCCCCCCCC)c1CCCCCCCCC)Oc1c(CCCCCCCCC)c(O)c(O)c(CCCCCCCCC)c1O2. The summed E-state index contributed by atoms with van der Waals surface area (Å²) in [7, 11) is 0. The third-order valence-electron chi connectivity index (χ3n) is 13.7. The van der Waals surface area contributed by atoms with Gasteiger partial charge in [-0.25, -0.2) is 0 Å². The van der Waals surface area contributed by atoms with Crippen molar-refractivity contribution in [3.8, 4) is 34.5 Å². The highest BCUT2D eigenvalue weighted by molar-refractivity contribution is 5.71. The van der Waals surface area contributed by atoms with Gasteiger partial charge in [-0.3, -0.25) is 0 Å². The molecule has 0 spiro atoms. The van der Waals surface area contributed by atoms with Crippen LogP contribution in [-0.2, 0) is 32.1 Å². The van der Waals surface area contributed by atoms with Crippen LogP contribution in [-0.4, -0.2) is 10.2 Å². The van der Waals surface area contributed by atoms with Crippen LogP contribution in [0.25, 0.3) is 0 Å². The van der Waals surface area contributed by atoms with Crippen LogP contribution in [0.1, 0.15) is 287 Å². The summed E-state index contributed by atoms with van der Waals surface area (Å²) in [6, 6.07) is 2.34. The minimum Gasteiger partial charge on any atom is -0.504 e. The highest BCUT2D eigenvalue weighted by Crippen LogP contribution is 2.57. The van der Waals surface area contributed by atoms with Gasteiger partial charge >= 0.3 is 0 Å². The Morgan fingerprint density at radius 3 is 0.934 bits per heavy atom. The zero-order valence-electron chi connectivity index (χ0n) is 41.1. The molecule has 0 radical (unpaired) electrons. The summed E-state index contributed by atoms with van der Waals surface area (Å²) in [6.45, 7) is 11.4. The summed E-state index contributed by atoms with van der Waals surface area (Å²) in [5.41, 5.74) is 5.81. The van der Waals surface area contributed by atoms with Crippen LogP contribution in [0, 0.1) is 0 Å². The number of unbranched alkanes of at least 4 members (excludes halogenated alkanes) is 30. The average Bonchev–Trinajstić information content (AvgIpc) is 3.26. The van der Waals surface area contributed by atoms with Crippen LogP contribution in [0.2, 0.25) is 0 Å². The molecule has 0 aromatic heterocycles. The molecule has 61 heavy (non-hydrogen) atoms.